The normalized spacial score (nSPS) is 10.8. The van der Waals surface area contributed by atoms with Crippen LogP contribution in [-0.4, -0.2) is 30.6 Å². The van der Waals surface area contributed by atoms with Crippen LogP contribution in [0.15, 0.2) is 40.8 Å². The third-order valence-corrected chi connectivity index (χ3v) is 5.97. The fourth-order valence-electron chi connectivity index (χ4n) is 2.96. The Kier molecular flexibility index (Phi) is 8.36. The number of furan rings is 1. The summed E-state index contributed by atoms with van der Waals surface area (Å²) in [5, 5.41) is 3.28. The van der Waals surface area contributed by atoms with Crippen molar-refractivity contribution in [3.8, 4) is 5.75 Å². The number of ether oxygens (including phenoxy) is 3. The second-order valence-corrected chi connectivity index (χ2v) is 8.80. The first-order valence-electron chi connectivity index (χ1n) is 10.5. The van der Waals surface area contributed by atoms with Crippen molar-refractivity contribution in [1.82, 2.24) is 0 Å². The molecule has 2 heterocycles. The highest BCUT2D eigenvalue weighted by molar-refractivity contribution is 7.18. The summed E-state index contributed by atoms with van der Waals surface area (Å²) in [6.07, 6.45) is -0.382. The number of esters is 2. The molecule has 10 heteroatoms. The van der Waals surface area contributed by atoms with Crippen LogP contribution < -0.4 is 10.1 Å². The van der Waals surface area contributed by atoms with E-state index < -0.39 is 17.8 Å². The Morgan fingerprint density at radius 1 is 1.12 bits per heavy atom. The van der Waals surface area contributed by atoms with Crippen molar-refractivity contribution in [3.05, 3.63) is 68.9 Å². The van der Waals surface area contributed by atoms with E-state index >= 15 is 0 Å². The van der Waals surface area contributed by atoms with E-state index in [1.165, 1.54) is 6.07 Å². The topological polar surface area (TPSA) is 104 Å². The Balaban J connectivity index is 1.79. The average Bonchev–Trinajstić information content (AvgIpc) is 3.37. The molecular formula is C24H24ClNO7S. The highest BCUT2D eigenvalue weighted by atomic mass is 35.5. The van der Waals surface area contributed by atoms with E-state index in [1.54, 1.807) is 58.0 Å². The van der Waals surface area contributed by atoms with Gasteiger partial charge in [0.1, 0.15) is 28.0 Å². The molecule has 1 N–H and O–H groups in total. The lowest BCUT2D eigenvalue weighted by molar-refractivity contribution is 0.0379. The van der Waals surface area contributed by atoms with E-state index in [0.29, 0.717) is 22.1 Å². The number of nitrogens with one attached hydrogen (secondary N) is 1. The van der Waals surface area contributed by atoms with Crippen molar-refractivity contribution in [3.63, 3.8) is 0 Å². The lowest BCUT2D eigenvalue weighted by atomic mass is 10.1. The molecule has 0 aliphatic rings. The number of rotatable bonds is 9. The number of halogens is 1. The van der Waals surface area contributed by atoms with Crippen LogP contribution in [0.5, 0.6) is 5.75 Å². The zero-order valence-corrected chi connectivity index (χ0v) is 20.7. The lowest BCUT2D eigenvalue weighted by Crippen LogP contribution is -2.16. The van der Waals surface area contributed by atoms with Gasteiger partial charge in [-0.25, -0.2) is 9.59 Å². The van der Waals surface area contributed by atoms with E-state index in [9.17, 15) is 14.4 Å². The summed E-state index contributed by atoms with van der Waals surface area (Å²) in [4.78, 5) is 38.1. The molecule has 0 fully saturated rings. The summed E-state index contributed by atoms with van der Waals surface area (Å²) in [7, 11) is 0. The van der Waals surface area contributed by atoms with Crippen molar-refractivity contribution in [2.24, 2.45) is 0 Å². The highest BCUT2D eigenvalue weighted by Gasteiger charge is 2.28. The molecule has 0 bridgehead atoms. The smallest absolute Gasteiger partial charge is 0.348 e. The molecule has 3 aromatic rings. The quantitative estimate of drug-likeness (QED) is 0.362. The number of benzene rings is 1. The number of carbonyl (C=O) groups excluding carboxylic acids is 3. The summed E-state index contributed by atoms with van der Waals surface area (Å²) in [5.74, 6) is -0.938. The maximum Gasteiger partial charge on any atom is 0.348 e. The molecule has 0 unspecified atom stereocenters. The maximum atomic E-state index is 12.8. The van der Waals surface area contributed by atoms with Crippen molar-refractivity contribution in [2.75, 3.05) is 11.9 Å². The Labute approximate surface area is 205 Å². The van der Waals surface area contributed by atoms with Crippen LogP contribution in [0.2, 0.25) is 5.02 Å². The summed E-state index contributed by atoms with van der Waals surface area (Å²) in [6, 6.07) is 10.1. The van der Waals surface area contributed by atoms with Crippen LogP contribution in [0.3, 0.4) is 0 Å². The predicted octanol–water partition coefficient (Wildman–Crippen LogP) is 5.88. The van der Waals surface area contributed by atoms with E-state index in [2.05, 4.69) is 5.32 Å². The predicted molar refractivity (Wildman–Crippen MR) is 128 cm³/mol. The van der Waals surface area contributed by atoms with Crippen LogP contribution in [0, 0.1) is 6.92 Å². The van der Waals surface area contributed by atoms with Crippen molar-refractivity contribution < 1.29 is 33.0 Å². The number of anilines is 1. The second-order valence-electron chi connectivity index (χ2n) is 7.37. The monoisotopic (exact) mass is 505 g/mol. The van der Waals surface area contributed by atoms with Crippen LogP contribution in [0.4, 0.5) is 5.00 Å². The van der Waals surface area contributed by atoms with Crippen molar-refractivity contribution in [1.29, 1.82) is 0 Å². The molecule has 0 atom stereocenters. The first-order chi connectivity index (χ1) is 16.2. The molecule has 2 aromatic heterocycles. The molecular weight excluding hydrogens is 482 g/mol. The minimum atomic E-state index is -0.650. The molecule has 3 rings (SSSR count). The van der Waals surface area contributed by atoms with Crippen LogP contribution in [0.25, 0.3) is 0 Å². The molecule has 34 heavy (non-hydrogen) atoms. The molecule has 8 nitrogen and oxygen atoms in total. The molecule has 0 aliphatic heterocycles. The molecule has 0 saturated heterocycles. The Hall–Kier alpha value is -3.30. The van der Waals surface area contributed by atoms with Gasteiger partial charge in [0.2, 0.25) is 0 Å². The highest BCUT2D eigenvalue weighted by Crippen LogP contribution is 2.35. The Bertz CT molecular complexity index is 1200. The fraction of sp³-hybridized carbons (Fsp3) is 0.292. The van der Waals surface area contributed by atoms with Gasteiger partial charge in [-0.2, -0.15) is 0 Å². The summed E-state index contributed by atoms with van der Waals surface area (Å²) in [5.41, 5.74) is 0.474. The van der Waals surface area contributed by atoms with Gasteiger partial charge in [0, 0.05) is 0 Å². The number of para-hydroxylation sites is 1. The summed E-state index contributed by atoms with van der Waals surface area (Å²) >= 11 is 7.02. The van der Waals surface area contributed by atoms with Gasteiger partial charge in [-0.15, -0.1) is 11.3 Å². The zero-order valence-electron chi connectivity index (χ0n) is 19.1. The van der Waals surface area contributed by atoms with Gasteiger partial charge in [-0.05, 0) is 57.5 Å². The molecule has 180 valence electrons. The van der Waals surface area contributed by atoms with E-state index in [0.717, 1.165) is 11.3 Å². The lowest BCUT2D eigenvalue weighted by Gasteiger charge is -2.10. The largest absolute Gasteiger partial charge is 0.484 e. The molecule has 1 amide bonds. The number of thiophene rings is 1. The van der Waals surface area contributed by atoms with Crippen LogP contribution in [0.1, 0.15) is 62.7 Å². The van der Waals surface area contributed by atoms with Gasteiger partial charge in [0.25, 0.3) is 5.91 Å². The summed E-state index contributed by atoms with van der Waals surface area (Å²) in [6.45, 7) is 6.94. The SMILES string of the molecule is CCOC(=O)c1sc(NC(=O)c2ccc(COc3ccccc3Cl)o2)c(C(=O)OC(C)C)c1C. The molecule has 0 saturated carbocycles. The second kappa shape index (κ2) is 11.2. The van der Waals surface area contributed by atoms with Gasteiger partial charge >= 0.3 is 11.9 Å². The molecule has 1 aromatic carbocycles. The van der Waals surface area contributed by atoms with Gasteiger partial charge < -0.3 is 23.9 Å². The van der Waals surface area contributed by atoms with Gasteiger partial charge in [-0.3, -0.25) is 4.79 Å². The van der Waals surface area contributed by atoms with E-state index in [4.69, 9.17) is 30.2 Å². The standard InChI is InChI=1S/C24H24ClNO7S/c1-5-30-24(29)20-14(4)19(23(28)32-13(2)3)22(34-20)26-21(27)18-11-10-15(33-18)12-31-17-9-7-6-8-16(17)25/h6-11,13H,5,12H2,1-4H3,(H,26,27). The third-order valence-electron chi connectivity index (χ3n) is 4.47. The number of amides is 1. The van der Waals surface area contributed by atoms with Gasteiger partial charge in [-0.1, -0.05) is 23.7 Å². The van der Waals surface area contributed by atoms with Crippen LogP contribution >= 0.6 is 22.9 Å². The van der Waals surface area contributed by atoms with E-state index in [-0.39, 0.29) is 40.5 Å². The first-order valence-corrected chi connectivity index (χ1v) is 11.7. The van der Waals surface area contributed by atoms with Gasteiger partial charge in [0.15, 0.2) is 5.76 Å². The molecule has 0 aliphatic carbocycles. The Morgan fingerprint density at radius 2 is 1.85 bits per heavy atom. The Morgan fingerprint density at radius 3 is 2.53 bits per heavy atom. The minimum Gasteiger partial charge on any atom is -0.484 e. The summed E-state index contributed by atoms with van der Waals surface area (Å²) < 4.78 is 21.6. The zero-order chi connectivity index (χ0) is 24.8. The van der Waals surface area contributed by atoms with Crippen molar-refractivity contribution >= 4 is 45.8 Å². The first kappa shape index (κ1) is 25.3. The third kappa shape index (κ3) is 5.98. The van der Waals surface area contributed by atoms with Crippen molar-refractivity contribution in [2.45, 2.75) is 40.4 Å². The average molecular weight is 506 g/mol. The number of hydrogen-bond donors (Lipinski definition) is 1. The minimum absolute atomic E-state index is 0.00433. The van der Waals surface area contributed by atoms with Crippen LogP contribution in [-0.2, 0) is 16.1 Å². The maximum absolute atomic E-state index is 12.8. The van der Waals surface area contributed by atoms with E-state index in [1.807, 2.05) is 0 Å². The van der Waals surface area contributed by atoms with Gasteiger partial charge in [0.05, 0.1) is 23.3 Å². The fourth-order valence-corrected chi connectivity index (χ4v) is 4.24. The molecule has 0 radical (unpaired) electrons. The molecule has 0 spiro atoms. The number of carbonyl (C=O) groups is 3. The number of hydrogen-bond acceptors (Lipinski definition) is 8.